The fraction of sp³-hybridized carbons (Fsp3) is 0.250. The van der Waals surface area contributed by atoms with E-state index in [4.69, 9.17) is 21.1 Å². The van der Waals surface area contributed by atoms with Crippen LogP contribution in [0, 0.1) is 5.41 Å². The lowest BCUT2D eigenvalue weighted by atomic mass is 9.93. The number of halogens is 4. The first-order chi connectivity index (χ1) is 27.2. The number of ether oxygens (including phenoxy) is 2. The minimum atomic E-state index is -4.61. The number of carbonyl (C=O) groups is 3. The number of para-hydroxylation sites is 3. The lowest BCUT2D eigenvalue weighted by Gasteiger charge is -2.25. The van der Waals surface area contributed by atoms with Gasteiger partial charge in [0.15, 0.2) is 12.4 Å². The average molecular weight is 803 g/mol. The number of nitrogens with zero attached hydrogens (tertiary/aromatic N) is 3. The van der Waals surface area contributed by atoms with E-state index >= 15 is 0 Å². The molecule has 4 aromatic carbocycles. The summed E-state index contributed by atoms with van der Waals surface area (Å²) in [5, 5.41) is 14.7. The molecule has 13 nitrogen and oxygen atoms in total. The van der Waals surface area contributed by atoms with Crippen molar-refractivity contribution >= 4 is 52.6 Å². The molecular weight excluding hydrogens is 765 g/mol. The van der Waals surface area contributed by atoms with E-state index in [1.165, 1.54) is 12.1 Å². The Morgan fingerprint density at radius 2 is 1.42 bits per heavy atom. The largest absolute Gasteiger partial charge is 0.455 e. The van der Waals surface area contributed by atoms with E-state index in [0.717, 1.165) is 18.4 Å². The molecule has 1 aliphatic rings. The summed E-state index contributed by atoms with van der Waals surface area (Å²) in [6.45, 7) is 2.25. The molecule has 1 heterocycles. The van der Waals surface area contributed by atoms with Crippen molar-refractivity contribution in [2.24, 2.45) is 5.41 Å². The number of hydrogen-bond acceptors (Lipinski definition) is 10. The Balaban J connectivity index is 1.02. The van der Waals surface area contributed by atoms with E-state index in [0.29, 0.717) is 33.5 Å². The molecule has 296 valence electrons. The maximum atomic E-state index is 13.0. The van der Waals surface area contributed by atoms with Gasteiger partial charge in [0.1, 0.15) is 5.75 Å². The van der Waals surface area contributed by atoms with Gasteiger partial charge >= 0.3 is 24.0 Å². The predicted octanol–water partition coefficient (Wildman–Crippen LogP) is 7.61. The van der Waals surface area contributed by atoms with Crippen molar-refractivity contribution in [3.63, 3.8) is 0 Å². The number of alkyl halides is 3. The summed E-state index contributed by atoms with van der Waals surface area (Å²) in [6.07, 6.45) is -3.15. The second-order valence-corrected chi connectivity index (χ2v) is 14.4. The van der Waals surface area contributed by atoms with E-state index < -0.39 is 47.5 Å². The van der Waals surface area contributed by atoms with Crippen LogP contribution in [0.4, 0.5) is 36.4 Å². The van der Waals surface area contributed by atoms with Gasteiger partial charge < -0.3 is 36.1 Å². The van der Waals surface area contributed by atoms with E-state index in [-0.39, 0.29) is 25.0 Å². The molecule has 0 spiro atoms. The minimum absolute atomic E-state index is 0.00586. The topological polar surface area (TPSA) is 168 Å². The Kier molecular flexibility index (Phi) is 12.1. The number of carbonyl (C=O) groups excluding carboxylic acids is 3. The van der Waals surface area contributed by atoms with Crippen molar-refractivity contribution in [1.29, 1.82) is 0 Å². The highest BCUT2D eigenvalue weighted by Gasteiger charge is 2.45. The van der Waals surface area contributed by atoms with Gasteiger partial charge in [-0.25, -0.2) is 0 Å². The molecule has 1 fully saturated rings. The number of nitrogens with one attached hydrogen (secondary N) is 5. The minimum Gasteiger partial charge on any atom is -0.455 e. The van der Waals surface area contributed by atoms with Crippen LogP contribution in [0.2, 0.25) is 5.02 Å². The van der Waals surface area contributed by atoms with Crippen LogP contribution in [-0.2, 0) is 15.1 Å². The Morgan fingerprint density at radius 3 is 2.11 bits per heavy atom. The molecule has 0 bridgehead atoms. The molecule has 1 aromatic heterocycles. The Labute approximate surface area is 330 Å². The molecule has 6 rings (SSSR count). The van der Waals surface area contributed by atoms with Gasteiger partial charge in [-0.3, -0.25) is 14.4 Å². The second kappa shape index (κ2) is 17.2. The van der Waals surface area contributed by atoms with Crippen LogP contribution in [0.25, 0.3) is 0 Å². The first-order valence-corrected chi connectivity index (χ1v) is 18.1. The fourth-order valence-corrected chi connectivity index (χ4v) is 5.57. The van der Waals surface area contributed by atoms with Crippen molar-refractivity contribution < 1.29 is 37.0 Å². The van der Waals surface area contributed by atoms with Crippen molar-refractivity contribution in [3.05, 3.63) is 119 Å². The Morgan fingerprint density at radius 1 is 0.772 bits per heavy atom. The first-order valence-electron chi connectivity index (χ1n) is 17.7. The number of amides is 3. The third-order valence-corrected chi connectivity index (χ3v) is 8.90. The number of hydrogen-bond donors (Lipinski definition) is 5. The molecule has 0 atom stereocenters. The van der Waals surface area contributed by atoms with E-state index in [1.807, 2.05) is 44.2 Å². The maximum absolute atomic E-state index is 13.0. The van der Waals surface area contributed by atoms with Crippen molar-refractivity contribution in [3.8, 4) is 17.5 Å². The monoisotopic (exact) mass is 802 g/mol. The summed E-state index contributed by atoms with van der Waals surface area (Å²) in [4.78, 5) is 50.9. The molecule has 5 aromatic rings. The van der Waals surface area contributed by atoms with Gasteiger partial charge in [0, 0.05) is 29.4 Å². The van der Waals surface area contributed by atoms with Crippen molar-refractivity contribution in [2.75, 3.05) is 35.6 Å². The molecule has 0 aliphatic heterocycles. The third kappa shape index (κ3) is 11.5. The third-order valence-electron chi connectivity index (χ3n) is 8.65. The molecule has 3 amide bonds. The van der Waals surface area contributed by atoms with Gasteiger partial charge in [-0.15, -0.1) is 0 Å². The maximum Gasteiger partial charge on any atom is 0.422 e. The number of anilines is 4. The molecule has 0 radical (unpaired) electrons. The summed E-state index contributed by atoms with van der Waals surface area (Å²) >= 11 is 6.04. The lowest BCUT2D eigenvalue weighted by molar-refractivity contribution is -0.154. The summed E-state index contributed by atoms with van der Waals surface area (Å²) in [6, 6.07) is 28.6. The highest BCUT2D eigenvalue weighted by molar-refractivity contribution is 6.39. The lowest BCUT2D eigenvalue weighted by Crippen LogP contribution is -2.45. The van der Waals surface area contributed by atoms with Crippen LogP contribution in [0.5, 0.6) is 17.5 Å². The molecule has 0 unspecified atom stereocenters. The van der Waals surface area contributed by atoms with E-state index in [1.54, 1.807) is 60.7 Å². The Hall–Kier alpha value is -6.42. The average Bonchev–Trinajstić information content (AvgIpc) is 3.97. The van der Waals surface area contributed by atoms with E-state index in [2.05, 4.69) is 41.5 Å². The van der Waals surface area contributed by atoms with Crippen molar-refractivity contribution in [1.82, 2.24) is 25.6 Å². The van der Waals surface area contributed by atoms with Crippen LogP contribution < -0.4 is 36.1 Å². The molecular formula is C40H38ClF3N8O5. The predicted molar refractivity (Wildman–Crippen MR) is 208 cm³/mol. The summed E-state index contributed by atoms with van der Waals surface area (Å²) in [5.74, 6) is -1.30. The van der Waals surface area contributed by atoms with E-state index in [9.17, 15) is 27.6 Å². The van der Waals surface area contributed by atoms with Gasteiger partial charge in [-0.05, 0) is 84.5 Å². The van der Waals surface area contributed by atoms with Crippen LogP contribution in [0.15, 0.2) is 103 Å². The number of benzene rings is 4. The van der Waals surface area contributed by atoms with Crippen LogP contribution in [0.3, 0.4) is 0 Å². The van der Waals surface area contributed by atoms with Gasteiger partial charge in [-0.1, -0.05) is 67.9 Å². The van der Waals surface area contributed by atoms with Gasteiger partial charge in [0.2, 0.25) is 11.9 Å². The van der Waals surface area contributed by atoms with Gasteiger partial charge in [-0.2, -0.15) is 28.1 Å². The molecule has 0 saturated heterocycles. The molecule has 57 heavy (non-hydrogen) atoms. The standard InChI is InChI=1S/C40H38ClF3N8O5/c1-38(2,23-46-33(54)34(55)48-30-10-6-7-11-31(30)57-29-8-4-3-5-9-29)22-45-32(53)25-12-18-28(19-13-25)47-35-49-36(51-37(50-35)56-24-40(42,43)44)52-39(20-21-39)26-14-16-27(41)17-15-26/h3-19H,20-24H2,1-2H3,(H,45,53)(H,46,54)(H,48,55)(H2,47,49,50,51,52). The normalized spacial score (nSPS) is 13.2. The summed E-state index contributed by atoms with van der Waals surface area (Å²) in [5.41, 5.74) is 0.796. The zero-order valence-electron chi connectivity index (χ0n) is 30.7. The SMILES string of the molecule is CC(C)(CNC(=O)C(=O)Nc1ccccc1Oc1ccccc1)CNC(=O)c1ccc(Nc2nc(NC3(c4ccc(Cl)cc4)CC3)nc(OCC(F)(F)F)n2)cc1. The smallest absolute Gasteiger partial charge is 0.422 e. The zero-order valence-corrected chi connectivity index (χ0v) is 31.5. The first kappa shape index (κ1) is 40.2. The molecule has 5 N–H and O–H groups in total. The zero-order chi connectivity index (χ0) is 40.6. The van der Waals surface area contributed by atoms with Crippen molar-refractivity contribution in [2.45, 2.75) is 38.4 Å². The number of aromatic nitrogens is 3. The van der Waals surface area contributed by atoms with Crippen LogP contribution in [-0.4, -0.2) is 58.5 Å². The number of rotatable bonds is 15. The fourth-order valence-electron chi connectivity index (χ4n) is 5.44. The molecule has 17 heteroatoms. The highest BCUT2D eigenvalue weighted by Crippen LogP contribution is 2.48. The van der Waals surface area contributed by atoms with Crippen LogP contribution >= 0.6 is 11.6 Å². The molecule has 1 aliphatic carbocycles. The summed E-state index contributed by atoms with van der Waals surface area (Å²) in [7, 11) is 0. The quantitative estimate of drug-likeness (QED) is 0.0665. The van der Waals surface area contributed by atoms with Gasteiger partial charge in [0.25, 0.3) is 5.91 Å². The Bertz CT molecular complexity index is 2200. The highest BCUT2D eigenvalue weighted by atomic mass is 35.5. The molecule has 1 saturated carbocycles. The summed E-state index contributed by atoms with van der Waals surface area (Å²) < 4.78 is 49.6. The second-order valence-electron chi connectivity index (χ2n) is 14.0. The van der Waals surface area contributed by atoms with Crippen LogP contribution in [0.1, 0.15) is 42.6 Å². The van der Waals surface area contributed by atoms with Gasteiger partial charge in [0.05, 0.1) is 11.2 Å².